The zero-order chi connectivity index (χ0) is 20.9. The van der Waals surface area contributed by atoms with Gasteiger partial charge >= 0.3 is 0 Å². The number of allylic oxidation sites excluding steroid dienone is 2. The van der Waals surface area contributed by atoms with Crippen LogP contribution in [0.15, 0.2) is 47.5 Å². The Morgan fingerprint density at radius 1 is 0.893 bits per heavy atom. The monoisotopic (exact) mass is 416 g/mol. The molecule has 2 atom stereocenters. The second kappa shape index (κ2) is 7.47. The van der Waals surface area contributed by atoms with Crippen LogP contribution in [-0.2, 0) is 5.16 Å². The standard InChI is InChI=1S/C24H28F2P2/c1-14-7-9-19(11-21(14)25)24(27,20-10-8-15(2)22(26)12-20)13-23(6)17(4)16(3)18(5)28-23/h7-12H,13,27H2,1-6H3. The van der Waals surface area contributed by atoms with E-state index in [0.717, 1.165) is 17.5 Å². The van der Waals surface area contributed by atoms with Crippen molar-refractivity contribution in [2.24, 2.45) is 0 Å². The summed E-state index contributed by atoms with van der Waals surface area (Å²) in [5.41, 5.74) is 5.66. The molecule has 0 saturated carbocycles. The number of rotatable bonds is 4. The van der Waals surface area contributed by atoms with Gasteiger partial charge in [0.05, 0.1) is 0 Å². The minimum atomic E-state index is -0.586. The van der Waals surface area contributed by atoms with E-state index < -0.39 is 5.16 Å². The highest BCUT2D eigenvalue weighted by atomic mass is 31.1. The molecule has 0 aromatic heterocycles. The summed E-state index contributed by atoms with van der Waals surface area (Å²) in [5.74, 6) is -0.450. The average molecular weight is 416 g/mol. The average Bonchev–Trinajstić information content (AvgIpc) is 2.82. The van der Waals surface area contributed by atoms with E-state index in [1.807, 2.05) is 24.3 Å². The Labute approximate surface area is 171 Å². The Hall–Kier alpha value is -1.36. The maximum atomic E-state index is 14.5. The number of hydrogen-bond acceptors (Lipinski definition) is 0. The quantitative estimate of drug-likeness (QED) is 0.458. The molecular weight excluding hydrogens is 388 g/mol. The van der Waals surface area contributed by atoms with Gasteiger partial charge in [-0.2, -0.15) is 0 Å². The van der Waals surface area contributed by atoms with E-state index in [0.29, 0.717) is 11.1 Å². The molecule has 0 radical (unpaired) electrons. The van der Waals surface area contributed by atoms with E-state index in [4.69, 9.17) is 0 Å². The molecule has 2 aromatic carbocycles. The number of aryl methyl sites for hydroxylation is 2. The van der Waals surface area contributed by atoms with Crippen LogP contribution in [-0.4, -0.2) is 10.4 Å². The van der Waals surface area contributed by atoms with Crippen molar-refractivity contribution in [1.29, 1.82) is 0 Å². The first-order valence-corrected chi connectivity index (χ1v) is 11.0. The van der Waals surface area contributed by atoms with Gasteiger partial charge in [-0.05, 0) is 93.2 Å². The molecule has 1 aliphatic heterocycles. The molecule has 0 spiro atoms. The molecule has 0 saturated heterocycles. The second-order valence-electron chi connectivity index (χ2n) is 8.30. The first-order valence-electron chi connectivity index (χ1n) is 9.55. The fourth-order valence-corrected chi connectivity index (χ4v) is 6.72. The molecule has 3 rings (SSSR count). The van der Waals surface area contributed by atoms with Gasteiger partial charge in [-0.3, -0.25) is 0 Å². The molecule has 1 aliphatic rings. The Kier molecular flexibility index (Phi) is 5.70. The number of hydrogen-bond donors (Lipinski definition) is 0. The highest BCUT2D eigenvalue weighted by Gasteiger charge is 2.41. The van der Waals surface area contributed by atoms with Crippen molar-refractivity contribution >= 4 is 22.7 Å². The fraction of sp³-hybridized carbons (Fsp3) is 0.375. The van der Waals surface area contributed by atoms with Gasteiger partial charge in [-0.15, -0.1) is 9.24 Å². The highest BCUT2D eigenvalue weighted by molar-refractivity contribution is 7.44. The van der Waals surface area contributed by atoms with E-state index in [-0.39, 0.29) is 16.8 Å². The topological polar surface area (TPSA) is 0 Å². The highest BCUT2D eigenvalue weighted by Crippen LogP contribution is 2.54. The van der Waals surface area contributed by atoms with Crippen molar-refractivity contribution in [3.63, 3.8) is 0 Å². The van der Waals surface area contributed by atoms with E-state index in [1.165, 1.54) is 24.6 Å². The third-order valence-corrected chi connectivity index (χ3v) is 8.85. The molecule has 1 heterocycles. The first-order chi connectivity index (χ1) is 13.0. The molecule has 0 nitrogen and oxygen atoms in total. The van der Waals surface area contributed by atoms with Crippen molar-refractivity contribution in [2.45, 2.75) is 58.3 Å². The van der Waals surface area contributed by atoms with E-state index in [2.05, 4.69) is 36.9 Å². The van der Waals surface area contributed by atoms with E-state index >= 15 is 0 Å². The maximum absolute atomic E-state index is 14.5. The van der Waals surface area contributed by atoms with Crippen LogP contribution in [0.4, 0.5) is 8.78 Å². The zero-order valence-electron chi connectivity index (χ0n) is 17.5. The van der Waals surface area contributed by atoms with Gasteiger partial charge in [0.2, 0.25) is 0 Å². The Morgan fingerprint density at radius 2 is 1.36 bits per heavy atom. The lowest BCUT2D eigenvalue weighted by molar-refractivity contribution is 0.552. The molecule has 148 valence electrons. The Morgan fingerprint density at radius 3 is 1.71 bits per heavy atom. The van der Waals surface area contributed by atoms with Crippen LogP contribution in [0.1, 0.15) is 56.4 Å². The summed E-state index contributed by atoms with van der Waals surface area (Å²) in [7, 11) is 4.21. The number of halogens is 2. The van der Waals surface area contributed by atoms with Crippen LogP contribution in [0.5, 0.6) is 0 Å². The van der Waals surface area contributed by atoms with Gasteiger partial charge in [-0.25, -0.2) is 8.78 Å². The van der Waals surface area contributed by atoms with Crippen molar-refractivity contribution in [2.75, 3.05) is 0 Å². The summed E-state index contributed by atoms with van der Waals surface area (Å²) >= 11 is 0. The molecule has 2 aromatic rings. The largest absolute Gasteiger partial charge is 0.207 e. The van der Waals surface area contributed by atoms with Crippen molar-refractivity contribution in [3.8, 4) is 0 Å². The Bertz CT molecular complexity index is 952. The summed E-state index contributed by atoms with van der Waals surface area (Å²) in [4.78, 5) is 0. The van der Waals surface area contributed by atoms with Crippen molar-refractivity contribution in [1.82, 2.24) is 0 Å². The lowest BCUT2D eigenvalue weighted by Crippen LogP contribution is -2.31. The molecule has 0 bridgehead atoms. The smallest absolute Gasteiger partial charge is 0.126 e. The maximum Gasteiger partial charge on any atom is 0.126 e. The SMILES string of the molecule is CC1=PC(C)(CC(P)(c2ccc(C)c(F)c2)c2ccc(C)c(F)c2)C(C)=C1C. The lowest BCUT2D eigenvalue weighted by Gasteiger charge is -2.38. The van der Waals surface area contributed by atoms with Crippen LogP contribution >= 0.6 is 17.4 Å². The first kappa shape index (κ1) is 21.4. The van der Waals surface area contributed by atoms with Gasteiger partial charge in [0, 0.05) is 10.3 Å². The second-order valence-corrected chi connectivity index (χ2v) is 11.2. The van der Waals surface area contributed by atoms with Gasteiger partial charge in [0.15, 0.2) is 0 Å². The van der Waals surface area contributed by atoms with Crippen LogP contribution in [0, 0.1) is 25.5 Å². The molecule has 28 heavy (non-hydrogen) atoms. The minimum Gasteiger partial charge on any atom is -0.207 e. The Balaban J connectivity index is 2.20. The van der Waals surface area contributed by atoms with Gasteiger partial charge in [-0.1, -0.05) is 38.0 Å². The summed E-state index contributed by atoms with van der Waals surface area (Å²) in [5, 5.41) is 0.702. The van der Waals surface area contributed by atoms with Crippen LogP contribution in [0.3, 0.4) is 0 Å². The molecule has 0 amide bonds. The summed E-state index contributed by atoms with van der Waals surface area (Å²) < 4.78 is 29.0. The van der Waals surface area contributed by atoms with E-state index in [1.54, 1.807) is 26.0 Å². The van der Waals surface area contributed by atoms with Crippen LogP contribution < -0.4 is 0 Å². The molecule has 0 N–H and O–H groups in total. The third kappa shape index (κ3) is 3.62. The summed E-state index contributed by atoms with van der Waals surface area (Å²) in [6, 6.07) is 10.8. The van der Waals surface area contributed by atoms with Crippen molar-refractivity contribution < 1.29 is 8.78 Å². The van der Waals surface area contributed by atoms with Gasteiger partial charge < -0.3 is 0 Å². The van der Waals surface area contributed by atoms with Gasteiger partial charge in [0.1, 0.15) is 11.6 Å². The molecular formula is C24H28F2P2. The molecule has 2 unspecified atom stereocenters. The zero-order valence-corrected chi connectivity index (χ0v) is 19.5. The lowest BCUT2D eigenvalue weighted by atomic mass is 9.79. The van der Waals surface area contributed by atoms with Crippen LogP contribution in [0.25, 0.3) is 0 Å². The predicted molar refractivity (Wildman–Crippen MR) is 122 cm³/mol. The fourth-order valence-electron chi connectivity index (χ4n) is 4.04. The van der Waals surface area contributed by atoms with Crippen LogP contribution in [0.2, 0.25) is 0 Å². The van der Waals surface area contributed by atoms with Gasteiger partial charge in [0.25, 0.3) is 0 Å². The predicted octanol–water partition coefficient (Wildman–Crippen LogP) is 7.34. The van der Waals surface area contributed by atoms with E-state index in [9.17, 15) is 8.78 Å². The number of benzene rings is 2. The summed E-state index contributed by atoms with van der Waals surface area (Å²) in [6.07, 6.45) is 0.748. The normalized spacial score (nSPS) is 20.5. The third-order valence-electron chi connectivity index (χ3n) is 6.32. The molecule has 0 aliphatic carbocycles. The summed E-state index contributed by atoms with van der Waals surface area (Å²) in [6.45, 7) is 12.3. The minimum absolute atomic E-state index is 0.0847. The van der Waals surface area contributed by atoms with Crippen molar-refractivity contribution in [3.05, 3.63) is 81.4 Å². The molecule has 0 fully saturated rings. The molecule has 4 heteroatoms.